The van der Waals surface area contributed by atoms with Crippen molar-refractivity contribution < 1.29 is 14.3 Å². The monoisotopic (exact) mass is 449 g/mol. The average molecular weight is 451 g/mol. The number of hydrogen-bond donors (Lipinski definition) is 1. The van der Waals surface area contributed by atoms with Gasteiger partial charge in [-0.05, 0) is 32.0 Å². The maximum absolute atomic E-state index is 12.3. The fraction of sp³-hybridized carbons (Fsp3) is 0.286. The molecule has 2 aromatic rings. The molecule has 0 aliphatic carbocycles. The third-order valence-electron chi connectivity index (χ3n) is 2.70. The van der Waals surface area contributed by atoms with Gasteiger partial charge in [-0.2, -0.15) is 0 Å². The van der Waals surface area contributed by atoms with E-state index in [9.17, 15) is 9.59 Å². The summed E-state index contributed by atoms with van der Waals surface area (Å²) in [6.07, 6.45) is 0. The van der Waals surface area contributed by atoms with Crippen LogP contribution in [0.4, 0.5) is 5.13 Å². The molecule has 128 valence electrons. The molecule has 24 heavy (non-hydrogen) atoms. The number of carbonyl (C=O) groups excluding carboxylic acids is 2. The highest BCUT2D eigenvalue weighted by molar-refractivity contribution is 9.10. The number of amides is 1. The van der Waals surface area contributed by atoms with Gasteiger partial charge in [0, 0.05) is 4.47 Å². The lowest BCUT2D eigenvalue weighted by atomic mass is 10.2. The Hall–Kier alpha value is -1.16. The predicted octanol–water partition coefficient (Wildman–Crippen LogP) is 4.25. The van der Waals surface area contributed by atoms with E-state index in [4.69, 9.17) is 16.3 Å². The molecular weight excluding hydrogens is 438 g/mol. The van der Waals surface area contributed by atoms with Crippen molar-refractivity contribution in [1.29, 1.82) is 0 Å². The van der Waals surface area contributed by atoms with Crippen LogP contribution in [0.2, 0.25) is 5.02 Å². The number of nitrogens with zero attached hydrogens (tertiary/aromatic N) is 2. The molecule has 0 aliphatic heterocycles. The second kappa shape index (κ2) is 8.80. The summed E-state index contributed by atoms with van der Waals surface area (Å²) in [4.78, 5) is 23.9. The quantitative estimate of drug-likeness (QED) is 0.402. The summed E-state index contributed by atoms with van der Waals surface area (Å²) in [6, 6.07) is 5.00. The van der Waals surface area contributed by atoms with Gasteiger partial charge in [0.1, 0.15) is 5.25 Å². The minimum atomic E-state index is -0.402. The van der Waals surface area contributed by atoms with E-state index in [1.54, 1.807) is 32.0 Å². The van der Waals surface area contributed by atoms with Gasteiger partial charge in [0.25, 0.3) is 5.91 Å². The standard InChI is InChI=1S/C14H13BrClN3O3S2/c1-3-22-12(21)7(2)23-14-19-18-13(24-14)17-11(20)9-6-8(15)4-5-10(9)16/h4-7H,3H2,1-2H3,(H,17,18,20)/t7-/m0/s1. The molecule has 0 aliphatic rings. The van der Waals surface area contributed by atoms with Crippen LogP contribution in [0.15, 0.2) is 27.0 Å². The van der Waals surface area contributed by atoms with Gasteiger partial charge in [0.2, 0.25) is 5.13 Å². The minimum Gasteiger partial charge on any atom is -0.465 e. The molecule has 0 saturated heterocycles. The first-order chi connectivity index (χ1) is 11.4. The molecule has 6 nitrogen and oxygen atoms in total. The number of anilines is 1. The second-order valence-electron chi connectivity index (χ2n) is 4.46. The molecule has 10 heteroatoms. The Bertz CT molecular complexity index is 757. The van der Waals surface area contributed by atoms with Crippen molar-refractivity contribution in [3.63, 3.8) is 0 Å². The molecule has 0 saturated carbocycles. The van der Waals surface area contributed by atoms with Crippen LogP contribution in [0.5, 0.6) is 0 Å². The van der Waals surface area contributed by atoms with Gasteiger partial charge in [-0.25, -0.2) is 0 Å². The lowest BCUT2D eigenvalue weighted by Crippen LogP contribution is -2.16. The van der Waals surface area contributed by atoms with Crippen molar-refractivity contribution >= 4 is 67.6 Å². The number of benzene rings is 1. The van der Waals surface area contributed by atoms with Gasteiger partial charge in [-0.1, -0.05) is 50.6 Å². The fourth-order valence-electron chi connectivity index (χ4n) is 1.60. The van der Waals surface area contributed by atoms with Crippen molar-refractivity contribution in [3.8, 4) is 0 Å². The van der Waals surface area contributed by atoms with Crippen molar-refractivity contribution in [2.45, 2.75) is 23.4 Å². The van der Waals surface area contributed by atoms with Crippen LogP contribution in [-0.2, 0) is 9.53 Å². The zero-order chi connectivity index (χ0) is 17.7. The predicted molar refractivity (Wildman–Crippen MR) is 99.0 cm³/mol. The average Bonchev–Trinajstić information content (AvgIpc) is 2.96. The summed E-state index contributed by atoms with van der Waals surface area (Å²) in [5, 5.41) is 10.8. The van der Waals surface area contributed by atoms with Crippen molar-refractivity contribution in [3.05, 3.63) is 33.3 Å². The Morgan fingerprint density at radius 1 is 1.46 bits per heavy atom. The smallest absolute Gasteiger partial charge is 0.319 e. The van der Waals surface area contributed by atoms with Crippen LogP contribution in [0, 0.1) is 0 Å². The topological polar surface area (TPSA) is 81.2 Å². The van der Waals surface area contributed by atoms with Crippen molar-refractivity contribution in [2.75, 3.05) is 11.9 Å². The summed E-state index contributed by atoms with van der Waals surface area (Å²) in [5.74, 6) is -0.698. The lowest BCUT2D eigenvalue weighted by Gasteiger charge is -2.07. The van der Waals surface area contributed by atoms with Gasteiger partial charge in [-0.15, -0.1) is 10.2 Å². The van der Waals surface area contributed by atoms with Crippen LogP contribution in [0.1, 0.15) is 24.2 Å². The first kappa shape index (κ1) is 19.2. The minimum absolute atomic E-state index is 0.316. The maximum atomic E-state index is 12.3. The highest BCUT2D eigenvalue weighted by atomic mass is 79.9. The van der Waals surface area contributed by atoms with Crippen molar-refractivity contribution in [2.24, 2.45) is 0 Å². The summed E-state index contributed by atoms with van der Waals surface area (Å²) in [5.41, 5.74) is 0.329. The van der Waals surface area contributed by atoms with Crippen molar-refractivity contribution in [1.82, 2.24) is 10.2 Å². The third-order valence-corrected chi connectivity index (χ3v) is 5.52. The Morgan fingerprint density at radius 2 is 2.21 bits per heavy atom. The van der Waals surface area contributed by atoms with Gasteiger partial charge < -0.3 is 4.74 Å². The molecular formula is C14H13BrClN3O3S2. The number of halogens is 2. The molecule has 1 aromatic carbocycles. The Balaban J connectivity index is 2.02. The molecule has 2 rings (SSSR count). The number of ether oxygens (including phenoxy) is 1. The SMILES string of the molecule is CCOC(=O)[C@H](C)Sc1nnc(NC(=O)c2cc(Br)ccc2Cl)s1. The largest absolute Gasteiger partial charge is 0.465 e. The van der Waals surface area contributed by atoms with Crippen LogP contribution in [-0.4, -0.2) is 33.9 Å². The van der Waals surface area contributed by atoms with E-state index < -0.39 is 5.25 Å². The fourth-order valence-corrected chi connectivity index (χ4v) is 4.06. The molecule has 0 fully saturated rings. The van der Waals surface area contributed by atoms with Gasteiger partial charge in [-0.3, -0.25) is 14.9 Å². The third kappa shape index (κ3) is 5.17. The van der Waals surface area contributed by atoms with E-state index in [0.29, 0.717) is 26.7 Å². The molecule has 1 N–H and O–H groups in total. The van der Waals surface area contributed by atoms with Gasteiger partial charge >= 0.3 is 5.97 Å². The number of esters is 1. The number of carbonyl (C=O) groups is 2. The molecule has 1 amide bonds. The van der Waals surface area contributed by atoms with E-state index in [-0.39, 0.29) is 11.9 Å². The number of thioether (sulfide) groups is 1. The van der Waals surface area contributed by atoms with E-state index in [1.165, 1.54) is 23.1 Å². The normalized spacial score (nSPS) is 11.8. The second-order valence-corrected chi connectivity index (χ2v) is 8.35. The number of nitrogens with one attached hydrogen (secondary N) is 1. The Kier molecular flexibility index (Phi) is 7.02. The number of aromatic nitrogens is 2. The first-order valence-electron chi connectivity index (χ1n) is 6.84. The van der Waals surface area contributed by atoms with Gasteiger partial charge in [0.05, 0.1) is 17.2 Å². The molecule has 1 atom stereocenters. The maximum Gasteiger partial charge on any atom is 0.319 e. The molecule has 0 radical (unpaired) electrons. The van der Waals surface area contributed by atoms with E-state index in [2.05, 4.69) is 31.4 Å². The van der Waals surface area contributed by atoms with Gasteiger partial charge in [0.15, 0.2) is 4.34 Å². The molecule has 0 unspecified atom stereocenters. The number of hydrogen-bond acceptors (Lipinski definition) is 7. The number of rotatable bonds is 6. The van der Waals surface area contributed by atoms with E-state index in [1.807, 2.05) is 0 Å². The molecule has 0 spiro atoms. The highest BCUT2D eigenvalue weighted by Gasteiger charge is 2.19. The zero-order valence-corrected chi connectivity index (χ0v) is 16.7. The Labute approximate surface area is 160 Å². The van der Waals surface area contributed by atoms with E-state index >= 15 is 0 Å². The molecule has 0 bridgehead atoms. The molecule has 1 heterocycles. The van der Waals surface area contributed by atoms with Crippen LogP contribution >= 0.6 is 50.6 Å². The summed E-state index contributed by atoms with van der Waals surface area (Å²) in [6.45, 7) is 3.80. The Morgan fingerprint density at radius 3 is 2.92 bits per heavy atom. The molecule has 1 aromatic heterocycles. The summed E-state index contributed by atoms with van der Waals surface area (Å²) < 4.78 is 6.24. The highest BCUT2D eigenvalue weighted by Crippen LogP contribution is 2.30. The van der Waals surface area contributed by atoms with E-state index in [0.717, 1.165) is 4.47 Å². The lowest BCUT2D eigenvalue weighted by molar-refractivity contribution is -0.142. The summed E-state index contributed by atoms with van der Waals surface area (Å²) in [7, 11) is 0. The summed E-state index contributed by atoms with van der Waals surface area (Å²) >= 11 is 11.7. The van der Waals surface area contributed by atoms with Crippen LogP contribution in [0.25, 0.3) is 0 Å². The van der Waals surface area contributed by atoms with Crippen LogP contribution in [0.3, 0.4) is 0 Å². The van der Waals surface area contributed by atoms with Crippen LogP contribution < -0.4 is 5.32 Å². The zero-order valence-electron chi connectivity index (χ0n) is 12.7. The first-order valence-corrected chi connectivity index (χ1v) is 9.70.